The van der Waals surface area contributed by atoms with Crippen molar-refractivity contribution in [2.75, 3.05) is 19.3 Å². The van der Waals surface area contributed by atoms with Crippen LogP contribution in [0.25, 0.3) is 11.0 Å². The average Bonchev–Trinajstić information content (AvgIpc) is 2.85. The molecule has 5 heteroatoms. The topological polar surface area (TPSA) is 42.7 Å². The molecule has 0 spiro atoms. The molecule has 1 aliphatic rings. The lowest BCUT2D eigenvalue weighted by Crippen LogP contribution is -2.48. The molecule has 0 N–H and O–H groups in total. The molecule has 0 bridgehead atoms. The molecular formula is C17H21NO3S. The van der Waals surface area contributed by atoms with Crippen LogP contribution >= 0.6 is 11.8 Å². The van der Waals surface area contributed by atoms with Crippen LogP contribution in [0.3, 0.4) is 0 Å². The first kappa shape index (κ1) is 15.4. The van der Waals surface area contributed by atoms with Gasteiger partial charge in [-0.3, -0.25) is 4.79 Å². The van der Waals surface area contributed by atoms with E-state index in [2.05, 4.69) is 0 Å². The number of thioether (sulfide) groups is 1. The van der Waals surface area contributed by atoms with Crippen molar-refractivity contribution >= 4 is 28.6 Å². The highest BCUT2D eigenvalue weighted by molar-refractivity contribution is 7.97. The maximum absolute atomic E-state index is 12.9. The van der Waals surface area contributed by atoms with E-state index in [1.54, 1.807) is 11.8 Å². The van der Waals surface area contributed by atoms with Gasteiger partial charge in [0.05, 0.1) is 12.2 Å². The van der Waals surface area contributed by atoms with E-state index in [0.717, 1.165) is 22.3 Å². The Hall–Kier alpha value is -1.46. The van der Waals surface area contributed by atoms with Crippen LogP contribution in [-0.4, -0.2) is 42.4 Å². The van der Waals surface area contributed by atoms with Crippen molar-refractivity contribution in [3.05, 3.63) is 35.6 Å². The standard InChI is InChI=1S/C17H21NO3S/c1-11-8-18(9-12(2)20-11)17(19)16-14(10-22-3)13-6-4-5-7-15(13)21-16/h4-7,11-12H,8-10H2,1-3H3/t11-,12-/m0/s1. The molecular weight excluding hydrogens is 298 g/mol. The SMILES string of the molecule is CSCc1c(C(=O)N2C[C@H](C)O[C@@H](C)C2)oc2ccccc12. The predicted octanol–water partition coefficient (Wildman–Crippen LogP) is 3.55. The lowest BCUT2D eigenvalue weighted by molar-refractivity contribution is -0.0592. The van der Waals surface area contributed by atoms with Gasteiger partial charge in [-0.1, -0.05) is 18.2 Å². The number of ether oxygens (including phenoxy) is 1. The first-order chi connectivity index (χ1) is 10.6. The number of hydrogen-bond donors (Lipinski definition) is 0. The van der Waals surface area contributed by atoms with Gasteiger partial charge in [-0.05, 0) is 26.2 Å². The van der Waals surface area contributed by atoms with E-state index in [1.807, 2.05) is 49.3 Å². The zero-order chi connectivity index (χ0) is 15.7. The van der Waals surface area contributed by atoms with Gasteiger partial charge < -0.3 is 14.1 Å². The number of benzene rings is 1. The molecule has 1 aromatic carbocycles. The number of carbonyl (C=O) groups excluding carboxylic acids is 1. The van der Waals surface area contributed by atoms with Crippen molar-refractivity contribution in [2.24, 2.45) is 0 Å². The summed E-state index contributed by atoms with van der Waals surface area (Å²) in [5, 5.41) is 1.04. The molecule has 22 heavy (non-hydrogen) atoms. The molecule has 2 heterocycles. The van der Waals surface area contributed by atoms with Gasteiger partial charge in [0.15, 0.2) is 5.76 Å². The first-order valence-electron chi connectivity index (χ1n) is 7.54. The van der Waals surface area contributed by atoms with Crippen LogP contribution in [0.2, 0.25) is 0 Å². The number of rotatable bonds is 3. The Labute approximate surface area is 134 Å². The molecule has 1 aliphatic heterocycles. The second kappa shape index (κ2) is 6.34. The number of morpholine rings is 1. The van der Waals surface area contributed by atoms with Gasteiger partial charge in [-0.2, -0.15) is 11.8 Å². The number of hydrogen-bond acceptors (Lipinski definition) is 4. The minimum Gasteiger partial charge on any atom is -0.451 e. The van der Waals surface area contributed by atoms with Gasteiger partial charge >= 0.3 is 0 Å². The summed E-state index contributed by atoms with van der Waals surface area (Å²) >= 11 is 1.70. The Kier molecular flexibility index (Phi) is 4.45. The summed E-state index contributed by atoms with van der Waals surface area (Å²) in [4.78, 5) is 14.8. The maximum atomic E-state index is 12.9. The van der Waals surface area contributed by atoms with E-state index in [4.69, 9.17) is 9.15 Å². The summed E-state index contributed by atoms with van der Waals surface area (Å²) in [6.07, 6.45) is 2.15. The quantitative estimate of drug-likeness (QED) is 0.868. The molecule has 2 atom stereocenters. The van der Waals surface area contributed by atoms with Crippen molar-refractivity contribution in [3.8, 4) is 0 Å². The molecule has 1 aromatic heterocycles. The van der Waals surface area contributed by atoms with E-state index in [0.29, 0.717) is 18.8 Å². The number of amides is 1. The molecule has 0 saturated carbocycles. The molecule has 1 saturated heterocycles. The third-order valence-electron chi connectivity index (χ3n) is 3.89. The summed E-state index contributed by atoms with van der Waals surface area (Å²) in [5.41, 5.74) is 1.78. The Bertz CT molecular complexity index is 672. The first-order valence-corrected chi connectivity index (χ1v) is 8.93. The normalized spacial score (nSPS) is 22.2. The van der Waals surface area contributed by atoms with E-state index in [-0.39, 0.29) is 18.1 Å². The van der Waals surface area contributed by atoms with Crippen molar-refractivity contribution < 1.29 is 13.9 Å². The summed E-state index contributed by atoms with van der Waals surface area (Å²) in [7, 11) is 0. The Morgan fingerprint density at radius 1 is 1.27 bits per heavy atom. The third kappa shape index (κ3) is 2.88. The second-order valence-electron chi connectivity index (χ2n) is 5.81. The molecule has 0 radical (unpaired) electrons. The van der Waals surface area contributed by atoms with Gasteiger partial charge in [0.25, 0.3) is 5.91 Å². The zero-order valence-electron chi connectivity index (χ0n) is 13.2. The lowest BCUT2D eigenvalue weighted by atomic mass is 10.1. The fraction of sp³-hybridized carbons (Fsp3) is 0.471. The van der Waals surface area contributed by atoms with Crippen LogP contribution in [0.5, 0.6) is 0 Å². The van der Waals surface area contributed by atoms with E-state index in [1.165, 1.54) is 0 Å². The molecule has 0 unspecified atom stereocenters. The highest BCUT2D eigenvalue weighted by Gasteiger charge is 2.30. The highest BCUT2D eigenvalue weighted by Crippen LogP contribution is 2.30. The van der Waals surface area contributed by atoms with Crippen LogP contribution in [0.15, 0.2) is 28.7 Å². The highest BCUT2D eigenvalue weighted by atomic mass is 32.2. The second-order valence-corrected chi connectivity index (χ2v) is 6.67. The number of para-hydroxylation sites is 1. The molecule has 1 amide bonds. The molecule has 118 valence electrons. The minimum atomic E-state index is -0.0257. The molecule has 2 aromatic rings. The summed E-state index contributed by atoms with van der Waals surface area (Å²) < 4.78 is 11.6. The monoisotopic (exact) mass is 319 g/mol. The molecule has 0 aliphatic carbocycles. The van der Waals surface area contributed by atoms with Crippen molar-refractivity contribution in [1.82, 2.24) is 4.90 Å². The summed E-state index contributed by atoms with van der Waals surface area (Å²) in [6.45, 7) is 5.21. The van der Waals surface area contributed by atoms with Gasteiger partial charge in [-0.15, -0.1) is 0 Å². The Morgan fingerprint density at radius 2 is 1.95 bits per heavy atom. The third-order valence-corrected chi connectivity index (χ3v) is 4.47. The van der Waals surface area contributed by atoms with Gasteiger partial charge in [0.1, 0.15) is 5.58 Å². The smallest absolute Gasteiger partial charge is 0.290 e. The van der Waals surface area contributed by atoms with Crippen molar-refractivity contribution in [1.29, 1.82) is 0 Å². The van der Waals surface area contributed by atoms with Gasteiger partial charge in [0.2, 0.25) is 0 Å². The number of carbonyl (C=O) groups is 1. The van der Waals surface area contributed by atoms with Crippen LogP contribution in [0.1, 0.15) is 30.0 Å². The van der Waals surface area contributed by atoms with Crippen molar-refractivity contribution in [2.45, 2.75) is 31.8 Å². The van der Waals surface area contributed by atoms with Crippen molar-refractivity contribution in [3.63, 3.8) is 0 Å². The Balaban J connectivity index is 1.97. The van der Waals surface area contributed by atoms with Crippen LogP contribution in [0.4, 0.5) is 0 Å². The van der Waals surface area contributed by atoms with Gasteiger partial charge in [0, 0.05) is 29.8 Å². The van der Waals surface area contributed by atoms with Crippen LogP contribution in [0, 0.1) is 0 Å². The number of nitrogens with zero attached hydrogens (tertiary/aromatic N) is 1. The minimum absolute atomic E-state index is 0.0257. The van der Waals surface area contributed by atoms with Gasteiger partial charge in [-0.25, -0.2) is 0 Å². The zero-order valence-corrected chi connectivity index (χ0v) is 14.0. The van der Waals surface area contributed by atoms with Crippen LogP contribution < -0.4 is 0 Å². The fourth-order valence-corrected chi connectivity index (χ4v) is 3.62. The predicted molar refractivity (Wildman–Crippen MR) is 89.3 cm³/mol. The molecule has 4 nitrogen and oxygen atoms in total. The fourth-order valence-electron chi connectivity index (χ4n) is 3.05. The maximum Gasteiger partial charge on any atom is 0.290 e. The number of furan rings is 1. The summed E-state index contributed by atoms with van der Waals surface area (Å²) in [5.74, 6) is 1.23. The largest absolute Gasteiger partial charge is 0.451 e. The molecule has 1 fully saturated rings. The molecule has 3 rings (SSSR count). The van der Waals surface area contributed by atoms with E-state index >= 15 is 0 Å². The Morgan fingerprint density at radius 3 is 2.64 bits per heavy atom. The van der Waals surface area contributed by atoms with Crippen LogP contribution in [-0.2, 0) is 10.5 Å². The van der Waals surface area contributed by atoms with E-state index in [9.17, 15) is 4.79 Å². The average molecular weight is 319 g/mol. The number of fused-ring (bicyclic) bond motifs is 1. The lowest BCUT2D eigenvalue weighted by Gasteiger charge is -2.34. The summed E-state index contributed by atoms with van der Waals surface area (Å²) in [6, 6.07) is 7.85. The van der Waals surface area contributed by atoms with E-state index < -0.39 is 0 Å².